The van der Waals surface area contributed by atoms with E-state index in [2.05, 4.69) is 20.8 Å². The van der Waals surface area contributed by atoms with Crippen LogP contribution in [0, 0.1) is 5.41 Å². The minimum atomic E-state index is -0.793. The van der Waals surface area contributed by atoms with Crippen molar-refractivity contribution in [3.63, 3.8) is 0 Å². The molecule has 1 amide bonds. The summed E-state index contributed by atoms with van der Waals surface area (Å²) >= 11 is 1.65. The number of hydrogen-bond acceptors (Lipinski definition) is 4. The van der Waals surface area contributed by atoms with Gasteiger partial charge in [-0.05, 0) is 11.8 Å². The Morgan fingerprint density at radius 2 is 2.18 bits per heavy atom. The van der Waals surface area contributed by atoms with Gasteiger partial charge >= 0.3 is 5.97 Å². The van der Waals surface area contributed by atoms with Crippen LogP contribution < -0.4 is 0 Å². The molecule has 5 heteroatoms. The first-order valence-corrected chi connectivity index (χ1v) is 6.82. The van der Waals surface area contributed by atoms with Crippen molar-refractivity contribution in [1.29, 1.82) is 0 Å². The number of amides is 1. The number of rotatable bonds is 3. The summed E-state index contributed by atoms with van der Waals surface area (Å²) in [5.74, 6) is 0.294. The summed E-state index contributed by atoms with van der Waals surface area (Å²) in [5, 5.41) is 0.0130. The summed E-state index contributed by atoms with van der Waals surface area (Å²) < 4.78 is 4.87. The summed E-state index contributed by atoms with van der Waals surface area (Å²) in [6.07, 6.45) is 1.37. The van der Waals surface area contributed by atoms with Crippen molar-refractivity contribution in [2.24, 2.45) is 5.41 Å². The van der Waals surface area contributed by atoms with Crippen molar-refractivity contribution in [3.05, 3.63) is 0 Å². The molecule has 0 radical (unpaired) electrons. The van der Waals surface area contributed by atoms with E-state index >= 15 is 0 Å². The van der Waals surface area contributed by atoms with Gasteiger partial charge in [-0.2, -0.15) is 0 Å². The van der Waals surface area contributed by atoms with Gasteiger partial charge in [0.25, 0.3) is 0 Å². The maximum Gasteiger partial charge on any atom is 0.332 e. The second-order valence-electron chi connectivity index (χ2n) is 5.42. The van der Waals surface area contributed by atoms with Crippen LogP contribution in [0.2, 0.25) is 0 Å². The minimum Gasteiger partial charge on any atom is -0.467 e. The molecule has 0 spiro atoms. The second kappa shape index (κ2) is 4.88. The first-order chi connectivity index (χ1) is 7.83. The number of nitrogens with zero attached hydrogens (tertiary/aromatic N) is 1. The molecule has 4 nitrogen and oxygen atoms in total. The number of thioether (sulfide) groups is 1. The summed E-state index contributed by atoms with van der Waals surface area (Å²) in [6.45, 7) is 8.14. The molecule has 98 valence electrons. The standard InChI is InChI=1S/C12H21NO3S/c1-6-12(10(15)16-5)7-17-9(11(2,3)4)13(12)8-14/h8-9H,6-7H2,1-5H3/t9-,12+/m1/s1. The first-order valence-electron chi connectivity index (χ1n) is 5.77. The van der Waals surface area contributed by atoms with Gasteiger partial charge in [0.2, 0.25) is 6.41 Å². The van der Waals surface area contributed by atoms with Gasteiger partial charge in [0.15, 0.2) is 0 Å². The molecule has 1 aliphatic rings. The topological polar surface area (TPSA) is 46.6 Å². The van der Waals surface area contributed by atoms with Gasteiger partial charge in [-0.1, -0.05) is 27.7 Å². The molecule has 0 aromatic carbocycles. The zero-order valence-corrected chi connectivity index (χ0v) is 12.0. The molecule has 0 saturated carbocycles. The first kappa shape index (κ1) is 14.4. The highest BCUT2D eigenvalue weighted by Gasteiger charge is 2.54. The Morgan fingerprint density at radius 3 is 2.53 bits per heavy atom. The monoisotopic (exact) mass is 259 g/mol. The van der Waals surface area contributed by atoms with Gasteiger partial charge in [-0.25, -0.2) is 4.79 Å². The van der Waals surface area contributed by atoms with E-state index in [-0.39, 0.29) is 16.8 Å². The summed E-state index contributed by atoms with van der Waals surface area (Å²) in [4.78, 5) is 25.0. The van der Waals surface area contributed by atoms with Crippen LogP contribution in [0.5, 0.6) is 0 Å². The normalized spacial score (nSPS) is 29.2. The Labute approximate surface area is 107 Å². The van der Waals surface area contributed by atoms with Crippen molar-refractivity contribution in [1.82, 2.24) is 4.90 Å². The molecule has 1 fully saturated rings. The second-order valence-corrected chi connectivity index (χ2v) is 6.49. The summed E-state index contributed by atoms with van der Waals surface area (Å²) in [5.41, 5.74) is -0.852. The number of hydrogen-bond donors (Lipinski definition) is 0. The van der Waals surface area contributed by atoms with Crippen LogP contribution in [0.25, 0.3) is 0 Å². The number of methoxy groups -OCH3 is 1. The number of esters is 1. The molecule has 0 N–H and O–H groups in total. The Morgan fingerprint density at radius 1 is 1.59 bits per heavy atom. The molecule has 0 bridgehead atoms. The highest BCUT2D eigenvalue weighted by molar-refractivity contribution is 8.00. The predicted molar refractivity (Wildman–Crippen MR) is 68.6 cm³/mol. The molecular weight excluding hydrogens is 238 g/mol. The third-order valence-electron chi connectivity index (χ3n) is 3.23. The zero-order chi connectivity index (χ0) is 13.3. The van der Waals surface area contributed by atoms with E-state index in [1.54, 1.807) is 16.7 Å². The number of carbonyl (C=O) groups is 2. The lowest BCUT2D eigenvalue weighted by molar-refractivity contribution is -0.157. The van der Waals surface area contributed by atoms with Crippen molar-refractivity contribution < 1.29 is 14.3 Å². The minimum absolute atomic E-state index is 0.0130. The van der Waals surface area contributed by atoms with E-state index in [9.17, 15) is 9.59 Å². The fourth-order valence-electron chi connectivity index (χ4n) is 2.20. The van der Waals surface area contributed by atoms with Gasteiger partial charge in [0.1, 0.15) is 5.54 Å². The van der Waals surface area contributed by atoms with E-state index in [4.69, 9.17) is 4.74 Å². The van der Waals surface area contributed by atoms with Gasteiger partial charge in [0.05, 0.1) is 12.5 Å². The van der Waals surface area contributed by atoms with E-state index < -0.39 is 5.54 Å². The third-order valence-corrected chi connectivity index (χ3v) is 5.13. The maximum absolute atomic E-state index is 12.0. The van der Waals surface area contributed by atoms with E-state index in [1.807, 2.05) is 6.92 Å². The fraction of sp³-hybridized carbons (Fsp3) is 0.833. The van der Waals surface area contributed by atoms with Crippen molar-refractivity contribution in [2.45, 2.75) is 45.0 Å². The van der Waals surface area contributed by atoms with Crippen LogP contribution in [-0.4, -0.2) is 41.1 Å². The van der Waals surface area contributed by atoms with Gasteiger partial charge in [-0.3, -0.25) is 4.79 Å². The van der Waals surface area contributed by atoms with E-state index in [1.165, 1.54) is 7.11 Å². The van der Waals surface area contributed by atoms with Gasteiger partial charge in [-0.15, -0.1) is 11.8 Å². The molecule has 17 heavy (non-hydrogen) atoms. The Balaban J connectivity index is 3.11. The Kier molecular flexibility index (Phi) is 4.12. The van der Waals surface area contributed by atoms with E-state index in [0.717, 1.165) is 6.41 Å². The van der Waals surface area contributed by atoms with Crippen LogP contribution in [0.15, 0.2) is 0 Å². The van der Waals surface area contributed by atoms with Crippen molar-refractivity contribution in [3.8, 4) is 0 Å². The van der Waals surface area contributed by atoms with Crippen molar-refractivity contribution >= 4 is 24.1 Å². The third kappa shape index (κ3) is 2.30. The van der Waals surface area contributed by atoms with Crippen LogP contribution in [-0.2, 0) is 14.3 Å². The summed E-state index contributed by atoms with van der Waals surface area (Å²) in [6, 6.07) is 0. The molecule has 1 rings (SSSR count). The fourth-order valence-corrected chi connectivity index (χ4v) is 4.02. The van der Waals surface area contributed by atoms with Crippen LogP contribution in [0.4, 0.5) is 0 Å². The molecule has 0 aromatic heterocycles. The van der Waals surface area contributed by atoms with Crippen LogP contribution in [0.1, 0.15) is 34.1 Å². The highest BCUT2D eigenvalue weighted by atomic mass is 32.2. The molecule has 1 heterocycles. The molecule has 0 aliphatic carbocycles. The number of ether oxygens (including phenoxy) is 1. The smallest absolute Gasteiger partial charge is 0.332 e. The lowest BCUT2D eigenvalue weighted by Gasteiger charge is -2.39. The zero-order valence-electron chi connectivity index (χ0n) is 11.1. The van der Waals surface area contributed by atoms with Crippen LogP contribution >= 0.6 is 11.8 Å². The average molecular weight is 259 g/mol. The molecule has 1 aliphatic heterocycles. The molecule has 0 aromatic rings. The van der Waals surface area contributed by atoms with Crippen LogP contribution in [0.3, 0.4) is 0 Å². The molecule has 1 saturated heterocycles. The summed E-state index contributed by atoms with van der Waals surface area (Å²) in [7, 11) is 1.37. The maximum atomic E-state index is 12.0. The Bertz CT molecular complexity index is 313. The quantitative estimate of drug-likeness (QED) is 0.573. The Hall–Kier alpha value is -0.710. The van der Waals surface area contributed by atoms with E-state index in [0.29, 0.717) is 12.2 Å². The average Bonchev–Trinajstić information content (AvgIpc) is 2.67. The van der Waals surface area contributed by atoms with Gasteiger partial charge in [0, 0.05) is 5.75 Å². The largest absolute Gasteiger partial charge is 0.467 e. The molecule has 0 unspecified atom stereocenters. The molecular formula is C12H21NO3S. The SMILES string of the molecule is CC[C@@]1(C(=O)OC)CS[C@H](C(C)(C)C)N1C=O. The lowest BCUT2D eigenvalue weighted by atomic mass is 9.90. The highest BCUT2D eigenvalue weighted by Crippen LogP contribution is 2.45. The molecule has 2 atom stereocenters. The van der Waals surface area contributed by atoms with Crippen molar-refractivity contribution in [2.75, 3.05) is 12.9 Å². The number of carbonyl (C=O) groups excluding carboxylic acids is 2. The van der Waals surface area contributed by atoms with Gasteiger partial charge < -0.3 is 9.64 Å². The lowest BCUT2D eigenvalue weighted by Crippen LogP contribution is -2.56. The predicted octanol–water partition coefficient (Wildman–Crippen LogP) is 1.89.